The van der Waals surface area contributed by atoms with Gasteiger partial charge in [-0.2, -0.15) is 35.4 Å². The third kappa shape index (κ3) is 10.1. The number of hydrogen-bond donors (Lipinski definition) is 0. The van der Waals surface area contributed by atoms with Gasteiger partial charge in [0.15, 0.2) is 0 Å². The van der Waals surface area contributed by atoms with Crippen LogP contribution in [-0.4, -0.2) is 6.88 Å². The zero-order chi connectivity index (χ0) is 24.1. The fourth-order valence-electron chi connectivity index (χ4n) is 4.27. The van der Waals surface area contributed by atoms with Gasteiger partial charge in [0.05, 0.1) is 0 Å². The van der Waals surface area contributed by atoms with Crippen LogP contribution in [0.15, 0.2) is 47.6 Å². The van der Waals surface area contributed by atoms with E-state index in [1.54, 1.807) is 23.3 Å². The van der Waals surface area contributed by atoms with Crippen molar-refractivity contribution < 1.29 is 23.3 Å². The van der Waals surface area contributed by atoms with E-state index in [1.165, 1.54) is 50.9 Å². The normalized spacial score (nSPS) is 12.6. The molecule has 0 nitrogen and oxygen atoms in total. The van der Waals surface area contributed by atoms with E-state index < -0.39 is 0 Å². The van der Waals surface area contributed by atoms with Crippen molar-refractivity contribution in [2.24, 2.45) is 0 Å². The van der Waals surface area contributed by atoms with Gasteiger partial charge < -0.3 is 14.9 Å². The molecule has 202 valence electrons. The molecule has 0 aromatic heterocycles. The van der Waals surface area contributed by atoms with Crippen molar-refractivity contribution in [3.8, 4) is 11.1 Å². The number of halogens is 2. The van der Waals surface area contributed by atoms with Gasteiger partial charge in [0, 0.05) is 0 Å². The Morgan fingerprint density at radius 3 is 1.89 bits per heavy atom. The van der Waals surface area contributed by atoms with Crippen molar-refractivity contribution in [3.63, 3.8) is 0 Å². The van der Waals surface area contributed by atoms with Gasteiger partial charge in [-0.05, 0) is 28.4 Å². The van der Waals surface area contributed by atoms with Crippen LogP contribution in [0.25, 0.3) is 11.1 Å². The number of allylic oxidation sites excluding steroid dienone is 4. The molecule has 0 bridgehead atoms. The Kier molecular flexibility index (Phi) is 19.2. The molecular weight excluding hydrogens is 575 g/mol. The predicted molar refractivity (Wildman–Crippen MR) is 167 cm³/mol. The summed E-state index contributed by atoms with van der Waals surface area (Å²) in [5.74, 6) is 0. The Hall–Kier alpha value is -0.400. The number of hydrogen-bond acceptors (Lipinski definition) is 0. The number of fused-ring (bicyclic) bond motifs is 3. The molecule has 4 heteroatoms. The Morgan fingerprint density at radius 1 is 0.833 bits per heavy atom. The van der Waals surface area contributed by atoms with Crippen LogP contribution in [0.2, 0.25) is 0 Å². The minimum absolute atomic E-state index is 0. The summed E-state index contributed by atoms with van der Waals surface area (Å²) in [5, 5.41) is 0. The first-order valence-electron chi connectivity index (χ1n) is 11.9. The molecule has 0 atom stereocenters. The fourth-order valence-corrected chi connectivity index (χ4v) is 4.27. The van der Waals surface area contributed by atoms with E-state index >= 15 is 0 Å². The second kappa shape index (κ2) is 17.2. The summed E-state index contributed by atoms with van der Waals surface area (Å²) < 4.78 is 0. The summed E-state index contributed by atoms with van der Waals surface area (Å²) in [6.07, 6.45) is 10.0. The zero-order valence-corrected chi connectivity index (χ0v) is 29.8. The summed E-state index contributed by atoms with van der Waals surface area (Å²) in [7, 11) is 0. The van der Waals surface area contributed by atoms with Gasteiger partial charge in [-0.3, -0.25) is 6.08 Å². The van der Waals surface area contributed by atoms with Crippen molar-refractivity contribution in [3.05, 3.63) is 96.8 Å². The summed E-state index contributed by atoms with van der Waals surface area (Å²) >= 11 is 1.58. The van der Waals surface area contributed by atoms with Gasteiger partial charge in [-0.1, -0.05) is 92.0 Å². The molecule has 0 radical (unpaired) electrons. The third-order valence-electron chi connectivity index (χ3n) is 6.25. The molecule has 0 unspecified atom stereocenters. The van der Waals surface area contributed by atoms with Crippen LogP contribution in [0.1, 0.15) is 96.9 Å². The molecule has 2 aromatic carbocycles. The molecule has 0 fully saturated rings. The Balaban J connectivity index is -0.000000626. The summed E-state index contributed by atoms with van der Waals surface area (Å²) in [5.41, 5.74) is 11.7. The van der Waals surface area contributed by atoms with Crippen molar-refractivity contribution in [2.75, 3.05) is 0 Å². The van der Waals surface area contributed by atoms with E-state index in [0.717, 1.165) is 19.3 Å². The van der Waals surface area contributed by atoms with Crippen molar-refractivity contribution in [1.29, 1.82) is 0 Å². The topological polar surface area (TPSA) is 0 Å². The van der Waals surface area contributed by atoms with Crippen LogP contribution in [0.4, 0.5) is 0 Å². The average Bonchev–Trinajstić information content (AvgIpc) is 3.37. The van der Waals surface area contributed by atoms with E-state index in [1.807, 2.05) is 6.88 Å². The second-order valence-corrected chi connectivity index (χ2v) is 10.6. The van der Waals surface area contributed by atoms with Crippen molar-refractivity contribution in [1.82, 2.24) is 0 Å². The van der Waals surface area contributed by atoms with Crippen LogP contribution < -0.4 is 0 Å². The van der Waals surface area contributed by atoms with E-state index in [2.05, 4.69) is 104 Å². The first-order chi connectivity index (χ1) is 15.0. The molecule has 0 saturated heterocycles. The van der Waals surface area contributed by atoms with E-state index in [9.17, 15) is 0 Å². The number of rotatable bonds is 2. The van der Waals surface area contributed by atoms with E-state index in [0.29, 0.717) is 0 Å². The molecule has 36 heavy (non-hydrogen) atoms. The number of benzene rings is 2. The summed E-state index contributed by atoms with van der Waals surface area (Å²) in [6, 6.07) is 15.2. The van der Waals surface area contributed by atoms with Gasteiger partial charge in [0.2, 0.25) is 0 Å². The van der Waals surface area contributed by atoms with E-state index in [4.69, 9.17) is 0 Å². The average molecular weight is 623 g/mol. The summed E-state index contributed by atoms with van der Waals surface area (Å²) in [4.78, 5) is 0. The van der Waals surface area contributed by atoms with Gasteiger partial charge in [-0.15, -0.1) is 42.4 Å². The molecule has 0 N–H and O–H groups in total. The Bertz CT molecular complexity index is 928. The van der Waals surface area contributed by atoms with Gasteiger partial charge in [-0.25, -0.2) is 5.57 Å². The van der Waals surface area contributed by atoms with Crippen LogP contribution >= 0.6 is 24.8 Å². The maximum absolute atomic E-state index is 3.67. The Labute approximate surface area is 253 Å². The first-order valence-corrected chi connectivity index (χ1v) is 17.8. The fraction of sp³-hybridized carbons (Fsp3) is 0.438. The van der Waals surface area contributed by atoms with Crippen LogP contribution in [-0.2, 0) is 40.6 Å². The standard InChI is InChI=1S/C21H25.C9H13.2CH3.2ClH.H2Si.Zr/c1-20(2,3)16-7-9-18-14(12-16)11-15-13-17(21(4,5)6)8-10-19(15)18;1-3-8-6-5-7-9(8)4-2;;;;;;/h7-10,12H,11H2,1-6H3;6H,3-5H2,1-2H3;2*1H3;2*1H;1H2;/q4*-1;;;;. The molecule has 0 heterocycles. The predicted octanol–water partition coefficient (Wildman–Crippen LogP) is 9.34. The molecular formula is C32H48Cl2SiZr-4. The zero-order valence-electron chi connectivity index (χ0n) is 24.3. The molecule has 0 saturated carbocycles. The molecule has 2 aliphatic carbocycles. The molecule has 0 aliphatic heterocycles. The van der Waals surface area contributed by atoms with E-state index in [-0.39, 0.29) is 50.5 Å². The SMILES string of the molecule is CC(C)(C)c1[c-]c2c(cc1)-c1ccc(C(C)(C)C)cc1C2.CCC1=[C-]CC=C1CC.Cl.Cl.[CH3-].[CH3-].[SiH2]=[Zr]. The molecule has 2 aromatic rings. The van der Waals surface area contributed by atoms with Crippen LogP contribution in [0.5, 0.6) is 0 Å². The first kappa shape index (κ1) is 40.1. The molecule has 2 aliphatic rings. The van der Waals surface area contributed by atoms with Gasteiger partial charge >= 0.3 is 30.2 Å². The van der Waals surface area contributed by atoms with Crippen LogP contribution in [0.3, 0.4) is 0 Å². The second-order valence-electron chi connectivity index (χ2n) is 10.6. The van der Waals surface area contributed by atoms with Gasteiger partial charge in [0.1, 0.15) is 0 Å². The molecule has 4 rings (SSSR count). The minimum atomic E-state index is 0. The third-order valence-corrected chi connectivity index (χ3v) is 6.25. The van der Waals surface area contributed by atoms with Crippen LogP contribution in [0, 0.1) is 27.0 Å². The molecule has 0 amide bonds. The van der Waals surface area contributed by atoms with Crippen molar-refractivity contribution in [2.45, 2.75) is 91.9 Å². The Morgan fingerprint density at radius 2 is 1.42 bits per heavy atom. The monoisotopic (exact) mass is 620 g/mol. The quantitative estimate of drug-likeness (QED) is 0.197. The molecule has 0 spiro atoms. The van der Waals surface area contributed by atoms with Crippen molar-refractivity contribution >= 4 is 31.7 Å². The maximum atomic E-state index is 3.67. The summed E-state index contributed by atoms with van der Waals surface area (Å²) in [6.45, 7) is 19.9. The van der Waals surface area contributed by atoms with Gasteiger partial charge in [0.25, 0.3) is 0 Å².